The zero-order valence-electron chi connectivity index (χ0n) is 18.2. The standard InChI is InChI=1S/C24H24N4O3S/c1-24(2,3)17-9-11-19(12-10-17)31-15-20(29)25-14-18-13-21(30)28-23(26-18)32-22(27-28)16-7-5-4-6-8-16/h4-13H,14-15H2,1-3H3,(H,25,29). The second-order valence-electron chi connectivity index (χ2n) is 8.39. The van der Waals surface area contributed by atoms with E-state index < -0.39 is 0 Å². The van der Waals surface area contributed by atoms with E-state index in [0.717, 1.165) is 5.56 Å². The lowest BCUT2D eigenvalue weighted by molar-refractivity contribution is -0.123. The van der Waals surface area contributed by atoms with Crippen LogP contribution in [0.3, 0.4) is 0 Å². The van der Waals surface area contributed by atoms with Crippen LogP contribution in [0.1, 0.15) is 32.0 Å². The van der Waals surface area contributed by atoms with Crippen LogP contribution >= 0.6 is 11.3 Å². The highest BCUT2D eigenvalue weighted by Crippen LogP contribution is 2.25. The number of benzene rings is 2. The van der Waals surface area contributed by atoms with Crippen LogP contribution in [0.25, 0.3) is 15.5 Å². The van der Waals surface area contributed by atoms with Crippen molar-refractivity contribution in [2.75, 3.05) is 6.61 Å². The highest BCUT2D eigenvalue weighted by atomic mass is 32.1. The van der Waals surface area contributed by atoms with Gasteiger partial charge in [0, 0.05) is 11.6 Å². The Labute approximate surface area is 189 Å². The number of hydrogen-bond donors (Lipinski definition) is 1. The van der Waals surface area contributed by atoms with Gasteiger partial charge in [-0.25, -0.2) is 4.98 Å². The van der Waals surface area contributed by atoms with E-state index in [1.54, 1.807) is 0 Å². The first-order valence-corrected chi connectivity index (χ1v) is 11.1. The average molecular weight is 449 g/mol. The minimum absolute atomic E-state index is 0.0582. The van der Waals surface area contributed by atoms with Crippen molar-refractivity contribution in [3.8, 4) is 16.3 Å². The molecule has 2 heterocycles. The number of fused-ring (bicyclic) bond motifs is 1. The molecule has 0 atom stereocenters. The lowest BCUT2D eigenvalue weighted by Crippen LogP contribution is -2.29. The molecule has 0 aliphatic rings. The number of amides is 1. The molecule has 8 heteroatoms. The summed E-state index contributed by atoms with van der Waals surface area (Å²) in [7, 11) is 0. The molecule has 0 unspecified atom stereocenters. The van der Waals surface area contributed by atoms with Gasteiger partial charge in [-0.3, -0.25) is 9.59 Å². The van der Waals surface area contributed by atoms with Crippen LogP contribution in [0.4, 0.5) is 0 Å². The summed E-state index contributed by atoms with van der Waals surface area (Å²) < 4.78 is 6.84. The van der Waals surface area contributed by atoms with Crippen molar-refractivity contribution < 1.29 is 9.53 Å². The van der Waals surface area contributed by atoms with Crippen LogP contribution in [-0.4, -0.2) is 27.1 Å². The molecular formula is C24H24N4O3S. The SMILES string of the molecule is CC(C)(C)c1ccc(OCC(=O)NCc2cc(=O)n3nc(-c4ccccc4)sc3n2)cc1. The van der Waals surface area contributed by atoms with Gasteiger partial charge in [-0.1, -0.05) is 74.6 Å². The number of aromatic nitrogens is 3. The molecular weight excluding hydrogens is 424 g/mol. The van der Waals surface area contributed by atoms with Crippen molar-refractivity contribution in [3.63, 3.8) is 0 Å². The zero-order chi connectivity index (χ0) is 22.7. The maximum Gasteiger partial charge on any atom is 0.275 e. The summed E-state index contributed by atoms with van der Waals surface area (Å²) >= 11 is 1.33. The normalized spacial score (nSPS) is 11.5. The van der Waals surface area contributed by atoms with Crippen LogP contribution in [0.15, 0.2) is 65.5 Å². The van der Waals surface area contributed by atoms with E-state index in [1.165, 1.54) is 27.5 Å². The van der Waals surface area contributed by atoms with Crippen molar-refractivity contribution in [2.24, 2.45) is 0 Å². The van der Waals surface area contributed by atoms with E-state index in [1.807, 2.05) is 54.6 Å². The van der Waals surface area contributed by atoms with E-state index in [4.69, 9.17) is 4.74 Å². The summed E-state index contributed by atoms with van der Waals surface area (Å²) in [5.74, 6) is 0.338. The van der Waals surface area contributed by atoms with Gasteiger partial charge in [0.1, 0.15) is 10.8 Å². The molecule has 0 saturated heterocycles. The van der Waals surface area contributed by atoms with Gasteiger partial charge in [0.05, 0.1) is 12.2 Å². The Morgan fingerprint density at radius 3 is 2.50 bits per heavy atom. The number of carbonyl (C=O) groups excluding carboxylic acids is 1. The number of rotatable bonds is 6. The van der Waals surface area contributed by atoms with Gasteiger partial charge >= 0.3 is 0 Å². The number of carbonyl (C=O) groups is 1. The van der Waals surface area contributed by atoms with Crippen LogP contribution < -0.4 is 15.6 Å². The van der Waals surface area contributed by atoms with Gasteiger partial charge < -0.3 is 10.1 Å². The molecule has 2 aromatic carbocycles. The van der Waals surface area contributed by atoms with E-state index in [2.05, 4.69) is 36.2 Å². The van der Waals surface area contributed by atoms with Gasteiger partial charge in [0.25, 0.3) is 11.5 Å². The molecule has 164 valence electrons. The molecule has 0 fully saturated rings. The summed E-state index contributed by atoms with van der Waals surface area (Å²) in [6.07, 6.45) is 0. The van der Waals surface area contributed by atoms with Crippen molar-refractivity contribution >= 4 is 22.2 Å². The van der Waals surface area contributed by atoms with E-state index in [0.29, 0.717) is 21.4 Å². The van der Waals surface area contributed by atoms with Gasteiger partial charge in [0.15, 0.2) is 6.61 Å². The molecule has 7 nitrogen and oxygen atoms in total. The number of hydrogen-bond acceptors (Lipinski definition) is 6. The second kappa shape index (κ2) is 8.92. The zero-order valence-corrected chi connectivity index (χ0v) is 19.0. The summed E-state index contributed by atoms with van der Waals surface area (Å²) in [5, 5.41) is 7.81. The van der Waals surface area contributed by atoms with Crippen LogP contribution in [0.5, 0.6) is 5.75 Å². The molecule has 0 radical (unpaired) electrons. The molecule has 1 amide bonds. The summed E-state index contributed by atoms with van der Waals surface area (Å²) in [6.45, 7) is 6.44. The molecule has 0 spiro atoms. The number of ether oxygens (including phenoxy) is 1. The quantitative estimate of drug-likeness (QED) is 0.485. The lowest BCUT2D eigenvalue weighted by Gasteiger charge is -2.19. The van der Waals surface area contributed by atoms with Crippen LogP contribution in [0.2, 0.25) is 0 Å². The summed E-state index contributed by atoms with van der Waals surface area (Å²) in [4.78, 5) is 29.6. The summed E-state index contributed by atoms with van der Waals surface area (Å²) in [5.41, 5.74) is 2.36. The minimum Gasteiger partial charge on any atom is -0.484 e. The fourth-order valence-corrected chi connectivity index (χ4v) is 4.01. The smallest absolute Gasteiger partial charge is 0.275 e. The third kappa shape index (κ3) is 5.03. The molecule has 0 bridgehead atoms. The van der Waals surface area contributed by atoms with Crippen molar-refractivity contribution in [2.45, 2.75) is 32.7 Å². The van der Waals surface area contributed by atoms with Gasteiger partial charge in [-0.05, 0) is 23.1 Å². The van der Waals surface area contributed by atoms with Gasteiger partial charge in [0.2, 0.25) is 4.96 Å². The van der Waals surface area contributed by atoms with Crippen LogP contribution in [-0.2, 0) is 16.8 Å². The second-order valence-corrected chi connectivity index (χ2v) is 9.35. The molecule has 0 saturated carbocycles. The topological polar surface area (TPSA) is 85.6 Å². The highest BCUT2D eigenvalue weighted by Gasteiger charge is 2.14. The Balaban J connectivity index is 1.37. The minimum atomic E-state index is -0.291. The third-order valence-electron chi connectivity index (χ3n) is 4.88. The average Bonchev–Trinajstić information content (AvgIpc) is 3.21. The Kier molecular flexibility index (Phi) is 6.05. The third-order valence-corrected chi connectivity index (χ3v) is 5.83. The van der Waals surface area contributed by atoms with E-state index in [9.17, 15) is 9.59 Å². The monoisotopic (exact) mass is 448 g/mol. The maximum absolute atomic E-state index is 12.4. The van der Waals surface area contributed by atoms with E-state index in [-0.39, 0.29) is 30.0 Å². The molecule has 4 rings (SSSR count). The molecule has 0 aliphatic heterocycles. The Hall–Kier alpha value is -3.52. The van der Waals surface area contributed by atoms with Crippen molar-refractivity contribution in [3.05, 3.63) is 82.3 Å². The predicted molar refractivity (Wildman–Crippen MR) is 125 cm³/mol. The van der Waals surface area contributed by atoms with Crippen LogP contribution in [0, 0.1) is 0 Å². The highest BCUT2D eigenvalue weighted by molar-refractivity contribution is 7.19. The Morgan fingerprint density at radius 1 is 1.09 bits per heavy atom. The van der Waals surface area contributed by atoms with Crippen molar-refractivity contribution in [1.29, 1.82) is 0 Å². The Morgan fingerprint density at radius 2 is 1.81 bits per heavy atom. The number of nitrogens with one attached hydrogen (secondary N) is 1. The lowest BCUT2D eigenvalue weighted by atomic mass is 9.87. The largest absolute Gasteiger partial charge is 0.484 e. The molecule has 1 N–H and O–H groups in total. The predicted octanol–water partition coefficient (Wildman–Crippen LogP) is 3.81. The first kappa shape index (κ1) is 21.7. The fourth-order valence-electron chi connectivity index (χ4n) is 3.08. The number of nitrogens with zero attached hydrogens (tertiary/aromatic N) is 3. The summed E-state index contributed by atoms with van der Waals surface area (Å²) in [6, 6.07) is 18.7. The molecule has 4 aromatic rings. The molecule has 0 aliphatic carbocycles. The first-order valence-electron chi connectivity index (χ1n) is 10.2. The van der Waals surface area contributed by atoms with Gasteiger partial charge in [-0.2, -0.15) is 9.61 Å². The Bertz CT molecular complexity index is 1290. The first-order chi connectivity index (χ1) is 15.3. The molecule has 2 aromatic heterocycles. The maximum atomic E-state index is 12.4. The van der Waals surface area contributed by atoms with E-state index >= 15 is 0 Å². The fraction of sp³-hybridized carbons (Fsp3) is 0.250. The van der Waals surface area contributed by atoms with Crippen molar-refractivity contribution in [1.82, 2.24) is 19.9 Å². The molecule has 32 heavy (non-hydrogen) atoms. The van der Waals surface area contributed by atoms with Gasteiger partial charge in [-0.15, -0.1) is 0 Å².